The van der Waals surface area contributed by atoms with Crippen LogP contribution in [0.25, 0.3) is 0 Å². The Balaban J connectivity index is 1.82. The molecule has 106 valence electrons. The molecule has 0 unspecified atom stereocenters. The molecule has 0 atom stereocenters. The lowest BCUT2D eigenvalue weighted by molar-refractivity contribution is 0.0882. The van der Waals surface area contributed by atoms with Crippen molar-refractivity contribution in [2.45, 2.75) is 25.7 Å². The van der Waals surface area contributed by atoms with Gasteiger partial charge >= 0.3 is 0 Å². The fourth-order valence-electron chi connectivity index (χ4n) is 2.77. The Kier molecular flexibility index (Phi) is 4.53. The first-order chi connectivity index (χ1) is 9.04. The van der Waals surface area contributed by atoms with Crippen molar-refractivity contribution in [2.24, 2.45) is 11.1 Å². The van der Waals surface area contributed by atoms with E-state index in [1.807, 2.05) is 0 Å². The fourth-order valence-corrected chi connectivity index (χ4v) is 2.77. The molecule has 2 rings (SSSR count). The van der Waals surface area contributed by atoms with Gasteiger partial charge in [-0.15, -0.1) is 0 Å². The molecule has 0 aromatic heterocycles. The highest BCUT2D eigenvalue weighted by Crippen LogP contribution is 2.40. The van der Waals surface area contributed by atoms with Gasteiger partial charge in [-0.1, -0.05) is 12.5 Å². The largest absolute Gasteiger partial charge is 0.330 e. The van der Waals surface area contributed by atoms with Gasteiger partial charge in [0.15, 0.2) is 11.6 Å². The summed E-state index contributed by atoms with van der Waals surface area (Å²) in [5.74, 6) is -1.55. The van der Waals surface area contributed by atoms with Crippen LogP contribution < -0.4 is 5.73 Å². The van der Waals surface area contributed by atoms with Crippen LogP contribution in [0.3, 0.4) is 0 Å². The summed E-state index contributed by atoms with van der Waals surface area (Å²) in [6, 6.07) is 4.12. The van der Waals surface area contributed by atoms with Gasteiger partial charge in [0, 0.05) is 13.1 Å². The van der Waals surface area contributed by atoms with Crippen molar-refractivity contribution >= 4 is 0 Å². The van der Waals surface area contributed by atoms with Gasteiger partial charge in [-0.3, -0.25) is 0 Å². The molecule has 1 aliphatic carbocycles. The van der Waals surface area contributed by atoms with Gasteiger partial charge in [0.1, 0.15) is 0 Å². The normalized spacial score (nSPS) is 17.5. The van der Waals surface area contributed by atoms with Crippen LogP contribution in [0.15, 0.2) is 18.2 Å². The highest BCUT2D eigenvalue weighted by atomic mass is 19.2. The van der Waals surface area contributed by atoms with Crippen molar-refractivity contribution in [3.8, 4) is 0 Å². The second-order valence-electron chi connectivity index (χ2n) is 5.79. The van der Waals surface area contributed by atoms with Gasteiger partial charge < -0.3 is 10.6 Å². The summed E-state index contributed by atoms with van der Waals surface area (Å²) in [6.45, 7) is 2.57. The van der Waals surface area contributed by atoms with Crippen LogP contribution in [0.2, 0.25) is 0 Å². The Hall–Kier alpha value is -1.00. The lowest BCUT2D eigenvalue weighted by Gasteiger charge is -2.43. The Morgan fingerprint density at radius 2 is 2.00 bits per heavy atom. The molecular formula is C15H22F2N2. The predicted octanol–water partition coefficient (Wildman–Crippen LogP) is 2.57. The molecule has 1 aliphatic rings. The molecule has 0 amide bonds. The first-order valence-corrected chi connectivity index (χ1v) is 6.87. The maximum Gasteiger partial charge on any atom is 0.159 e. The third-order valence-electron chi connectivity index (χ3n) is 4.22. The van der Waals surface area contributed by atoms with E-state index in [1.165, 1.54) is 31.4 Å². The van der Waals surface area contributed by atoms with Crippen LogP contribution >= 0.6 is 0 Å². The maximum absolute atomic E-state index is 13.1. The minimum Gasteiger partial charge on any atom is -0.330 e. The molecular weight excluding hydrogens is 246 g/mol. The van der Waals surface area contributed by atoms with Crippen molar-refractivity contribution in [3.63, 3.8) is 0 Å². The van der Waals surface area contributed by atoms with E-state index in [-0.39, 0.29) is 0 Å². The number of likely N-dealkylation sites (N-methyl/N-ethyl adjacent to an activating group) is 1. The van der Waals surface area contributed by atoms with E-state index in [0.29, 0.717) is 5.41 Å². The molecule has 0 aliphatic heterocycles. The highest BCUT2D eigenvalue weighted by molar-refractivity contribution is 5.18. The molecule has 1 fully saturated rings. The SMILES string of the molecule is CN(CCc1ccc(F)c(F)c1)CC1(CN)CCC1. The van der Waals surface area contributed by atoms with Crippen molar-refractivity contribution in [1.29, 1.82) is 0 Å². The molecule has 1 saturated carbocycles. The van der Waals surface area contributed by atoms with Gasteiger partial charge in [0.25, 0.3) is 0 Å². The minimum absolute atomic E-state index is 0.294. The van der Waals surface area contributed by atoms with Crippen molar-refractivity contribution in [3.05, 3.63) is 35.4 Å². The van der Waals surface area contributed by atoms with Gasteiger partial charge in [-0.25, -0.2) is 8.78 Å². The zero-order valence-corrected chi connectivity index (χ0v) is 11.5. The zero-order valence-electron chi connectivity index (χ0n) is 11.5. The van der Waals surface area contributed by atoms with E-state index in [9.17, 15) is 8.78 Å². The van der Waals surface area contributed by atoms with E-state index in [2.05, 4.69) is 11.9 Å². The average molecular weight is 268 g/mol. The third-order valence-corrected chi connectivity index (χ3v) is 4.22. The van der Waals surface area contributed by atoms with E-state index in [1.54, 1.807) is 6.07 Å². The average Bonchev–Trinajstić information content (AvgIpc) is 2.35. The van der Waals surface area contributed by atoms with Gasteiger partial charge in [0.05, 0.1) is 0 Å². The van der Waals surface area contributed by atoms with E-state index < -0.39 is 11.6 Å². The minimum atomic E-state index is -0.784. The molecule has 4 heteroatoms. The summed E-state index contributed by atoms with van der Waals surface area (Å²) in [7, 11) is 2.07. The summed E-state index contributed by atoms with van der Waals surface area (Å²) >= 11 is 0. The summed E-state index contributed by atoms with van der Waals surface area (Å²) in [4.78, 5) is 2.24. The van der Waals surface area contributed by atoms with Crippen LogP contribution in [0, 0.1) is 17.0 Å². The predicted molar refractivity (Wildman–Crippen MR) is 72.9 cm³/mol. The number of rotatable bonds is 6. The summed E-state index contributed by atoms with van der Waals surface area (Å²) in [5, 5.41) is 0. The van der Waals surface area contributed by atoms with Crippen molar-refractivity contribution in [1.82, 2.24) is 4.90 Å². The van der Waals surface area contributed by atoms with Crippen LogP contribution in [-0.2, 0) is 6.42 Å². The van der Waals surface area contributed by atoms with Crippen molar-refractivity contribution in [2.75, 3.05) is 26.7 Å². The molecule has 2 nitrogen and oxygen atoms in total. The number of halogens is 2. The molecule has 1 aromatic rings. The maximum atomic E-state index is 13.1. The number of hydrogen-bond acceptors (Lipinski definition) is 2. The molecule has 0 spiro atoms. The fraction of sp³-hybridized carbons (Fsp3) is 0.600. The molecule has 1 aromatic carbocycles. The van der Waals surface area contributed by atoms with Crippen LogP contribution in [0.4, 0.5) is 8.78 Å². The zero-order chi connectivity index (χ0) is 13.9. The smallest absolute Gasteiger partial charge is 0.159 e. The van der Waals surface area contributed by atoms with Gasteiger partial charge in [-0.05, 0) is 56.0 Å². The van der Waals surface area contributed by atoms with Gasteiger partial charge in [0.2, 0.25) is 0 Å². The molecule has 19 heavy (non-hydrogen) atoms. The Morgan fingerprint density at radius 1 is 1.26 bits per heavy atom. The van der Waals surface area contributed by atoms with Crippen molar-refractivity contribution < 1.29 is 8.78 Å². The molecule has 2 N–H and O–H groups in total. The van der Waals surface area contributed by atoms with Gasteiger partial charge in [-0.2, -0.15) is 0 Å². The van der Waals surface area contributed by atoms with E-state index >= 15 is 0 Å². The first kappa shape index (κ1) is 14.4. The number of hydrogen-bond donors (Lipinski definition) is 1. The molecule has 0 radical (unpaired) electrons. The first-order valence-electron chi connectivity index (χ1n) is 6.87. The van der Waals surface area contributed by atoms with Crippen LogP contribution in [0.5, 0.6) is 0 Å². The quantitative estimate of drug-likeness (QED) is 0.859. The monoisotopic (exact) mass is 268 g/mol. The second kappa shape index (κ2) is 5.97. The molecule has 0 heterocycles. The third kappa shape index (κ3) is 3.51. The Bertz CT molecular complexity index is 425. The highest BCUT2D eigenvalue weighted by Gasteiger charge is 2.36. The number of nitrogens with two attached hydrogens (primary N) is 1. The summed E-state index contributed by atoms with van der Waals surface area (Å²) < 4.78 is 25.9. The molecule has 0 saturated heterocycles. The topological polar surface area (TPSA) is 29.3 Å². The van der Waals surface area contributed by atoms with E-state index in [0.717, 1.165) is 31.6 Å². The lowest BCUT2D eigenvalue weighted by Crippen LogP contribution is -2.46. The summed E-state index contributed by atoms with van der Waals surface area (Å²) in [5.41, 5.74) is 6.97. The standard InChI is InChI=1S/C15H22F2N2/c1-19(11-15(10-18)6-2-7-15)8-5-12-3-4-13(16)14(17)9-12/h3-4,9H,2,5-8,10-11,18H2,1H3. The second-order valence-corrected chi connectivity index (χ2v) is 5.79. The Labute approximate surface area is 113 Å². The van der Waals surface area contributed by atoms with Crippen LogP contribution in [-0.4, -0.2) is 31.6 Å². The van der Waals surface area contributed by atoms with E-state index in [4.69, 9.17) is 5.73 Å². The number of benzene rings is 1. The summed E-state index contributed by atoms with van der Waals surface area (Å²) in [6.07, 6.45) is 4.42. The van der Waals surface area contributed by atoms with Crippen LogP contribution in [0.1, 0.15) is 24.8 Å². The number of nitrogens with zero attached hydrogens (tertiary/aromatic N) is 1. The Morgan fingerprint density at radius 3 is 2.53 bits per heavy atom. The molecule has 0 bridgehead atoms. The lowest BCUT2D eigenvalue weighted by atomic mass is 9.68.